The molecule has 2 amide bonds. The predicted molar refractivity (Wildman–Crippen MR) is 112 cm³/mol. The minimum absolute atomic E-state index is 0.0692. The number of nitrogens with one attached hydrogen (secondary N) is 1. The molecule has 5 heteroatoms. The fourth-order valence-corrected chi connectivity index (χ4v) is 3.76. The summed E-state index contributed by atoms with van der Waals surface area (Å²) in [5, 5.41) is 3.76. The largest absolute Gasteiger partial charge is 0.352 e. The van der Waals surface area contributed by atoms with Gasteiger partial charge in [0.15, 0.2) is 0 Å². The molecule has 0 heterocycles. The molecule has 1 aliphatic carbocycles. The van der Waals surface area contributed by atoms with Crippen molar-refractivity contribution in [3.05, 3.63) is 70.7 Å². The number of amides is 2. The molecule has 1 atom stereocenters. The Bertz CT molecular complexity index is 786. The fourth-order valence-electron chi connectivity index (χ4n) is 3.63. The Labute approximate surface area is 171 Å². The van der Waals surface area contributed by atoms with Gasteiger partial charge in [0.05, 0.1) is 6.42 Å². The molecule has 0 saturated heterocycles. The van der Waals surface area contributed by atoms with Gasteiger partial charge in [-0.25, -0.2) is 0 Å². The maximum atomic E-state index is 13.1. The second-order valence-corrected chi connectivity index (χ2v) is 7.91. The molecule has 1 aliphatic rings. The maximum Gasteiger partial charge on any atom is 0.242 e. The van der Waals surface area contributed by atoms with Gasteiger partial charge in [0.2, 0.25) is 11.8 Å². The summed E-state index contributed by atoms with van der Waals surface area (Å²) < 4.78 is 0. The van der Waals surface area contributed by atoms with Gasteiger partial charge in [-0.15, -0.1) is 0 Å². The Morgan fingerprint density at radius 2 is 1.68 bits per heavy atom. The van der Waals surface area contributed by atoms with E-state index in [1.165, 1.54) is 0 Å². The van der Waals surface area contributed by atoms with E-state index in [4.69, 9.17) is 11.6 Å². The molecular weight excluding hydrogens is 372 g/mol. The summed E-state index contributed by atoms with van der Waals surface area (Å²) in [5.41, 5.74) is 1.89. The topological polar surface area (TPSA) is 49.4 Å². The molecule has 0 bridgehead atoms. The van der Waals surface area contributed by atoms with E-state index in [1.54, 1.807) is 17.0 Å². The number of carbonyl (C=O) groups is 2. The summed E-state index contributed by atoms with van der Waals surface area (Å²) in [4.78, 5) is 27.6. The van der Waals surface area contributed by atoms with E-state index in [9.17, 15) is 9.59 Å². The van der Waals surface area contributed by atoms with E-state index in [2.05, 4.69) is 5.32 Å². The van der Waals surface area contributed by atoms with E-state index < -0.39 is 6.04 Å². The highest BCUT2D eigenvalue weighted by Crippen LogP contribution is 2.19. The van der Waals surface area contributed by atoms with Crippen LogP contribution in [0.2, 0.25) is 5.02 Å². The van der Waals surface area contributed by atoms with Crippen molar-refractivity contribution in [1.82, 2.24) is 10.2 Å². The van der Waals surface area contributed by atoms with Crippen molar-refractivity contribution in [3.8, 4) is 0 Å². The summed E-state index contributed by atoms with van der Waals surface area (Å²) in [6.07, 6.45) is 4.60. The lowest BCUT2D eigenvalue weighted by Gasteiger charge is -2.30. The monoisotopic (exact) mass is 398 g/mol. The summed E-state index contributed by atoms with van der Waals surface area (Å²) >= 11 is 5.94. The standard InChI is InChI=1S/C23H27ClN2O2/c1-17(23(28)25-21-9-5-6-10-21)26(16-19-7-3-2-4-8-19)22(27)15-18-11-13-20(24)14-12-18/h2-4,7-8,11-14,17,21H,5-6,9-10,15-16H2,1H3,(H,25,28). The SMILES string of the molecule is CC(C(=O)NC1CCCC1)N(Cc1ccccc1)C(=O)Cc1ccc(Cl)cc1. The molecule has 1 N–H and O–H groups in total. The smallest absolute Gasteiger partial charge is 0.242 e. The lowest BCUT2D eigenvalue weighted by atomic mass is 10.1. The van der Waals surface area contributed by atoms with Crippen LogP contribution in [0.15, 0.2) is 54.6 Å². The highest BCUT2D eigenvalue weighted by atomic mass is 35.5. The zero-order valence-corrected chi connectivity index (χ0v) is 17.0. The Hall–Kier alpha value is -2.33. The molecule has 0 aliphatic heterocycles. The van der Waals surface area contributed by atoms with Gasteiger partial charge in [0.1, 0.15) is 6.04 Å². The number of hydrogen-bond donors (Lipinski definition) is 1. The Kier molecular flexibility index (Phi) is 7.10. The first-order valence-electron chi connectivity index (χ1n) is 9.91. The third-order valence-corrected chi connectivity index (χ3v) is 5.59. The van der Waals surface area contributed by atoms with E-state index in [-0.39, 0.29) is 24.3 Å². The number of halogens is 1. The normalized spacial score (nSPS) is 15.2. The molecule has 1 fully saturated rings. The van der Waals surface area contributed by atoms with Gasteiger partial charge in [0, 0.05) is 17.6 Å². The first kappa shape index (κ1) is 20.4. The first-order chi connectivity index (χ1) is 13.5. The first-order valence-corrected chi connectivity index (χ1v) is 10.3. The lowest BCUT2D eigenvalue weighted by Crippen LogP contribution is -2.50. The van der Waals surface area contributed by atoms with Crippen molar-refractivity contribution in [2.45, 2.75) is 57.7 Å². The van der Waals surface area contributed by atoms with Crippen molar-refractivity contribution in [2.75, 3.05) is 0 Å². The number of nitrogens with zero attached hydrogens (tertiary/aromatic N) is 1. The molecule has 0 aromatic heterocycles. The van der Waals surface area contributed by atoms with Crippen LogP contribution < -0.4 is 5.32 Å². The minimum atomic E-state index is -0.527. The summed E-state index contributed by atoms with van der Waals surface area (Å²) in [5.74, 6) is -0.146. The molecule has 0 radical (unpaired) electrons. The van der Waals surface area contributed by atoms with Crippen molar-refractivity contribution in [2.24, 2.45) is 0 Å². The van der Waals surface area contributed by atoms with Crippen molar-refractivity contribution in [3.63, 3.8) is 0 Å². The lowest BCUT2D eigenvalue weighted by molar-refractivity contribution is -0.140. The number of hydrogen-bond acceptors (Lipinski definition) is 2. The number of rotatable bonds is 7. The molecule has 3 rings (SSSR count). The molecular formula is C23H27ClN2O2. The zero-order valence-electron chi connectivity index (χ0n) is 16.2. The molecule has 2 aromatic carbocycles. The fraction of sp³-hybridized carbons (Fsp3) is 0.391. The van der Waals surface area contributed by atoms with E-state index in [0.29, 0.717) is 11.6 Å². The second kappa shape index (κ2) is 9.74. The zero-order chi connectivity index (χ0) is 19.9. The van der Waals surface area contributed by atoms with Crippen LogP contribution in [0.1, 0.15) is 43.7 Å². The van der Waals surface area contributed by atoms with Crippen LogP contribution in [0, 0.1) is 0 Å². The average molecular weight is 399 g/mol. The van der Waals surface area contributed by atoms with E-state index in [1.807, 2.05) is 49.4 Å². The van der Waals surface area contributed by atoms with Gasteiger partial charge in [-0.2, -0.15) is 0 Å². The van der Waals surface area contributed by atoms with Crippen LogP contribution in [0.4, 0.5) is 0 Å². The van der Waals surface area contributed by atoms with Crippen LogP contribution in [0.3, 0.4) is 0 Å². The average Bonchev–Trinajstić information content (AvgIpc) is 3.21. The van der Waals surface area contributed by atoms with Crippen LogP contribution in [0.25, 0.3) is 0 Å². The van der Waals surface area contributed by atoms with Gasteiger partial charge in [-0.1, -0.05) is 66.9 Å². The Morgan fingerprint density at radius 1 is 1.04 bits per heavy atom. The Balaban J connectivity index is 1.73. The van der Waals surface area contributed by atoms with Gasteiger partial charge in [0.25, 0.3) is 0 Å². The van der Waals surface area contributed by atoms with Crippen molar-refractivity contribution < 1.29 is 9.59 Å². The quantitative estimate of drug-likeness (QED) is 0.753. The predicted octanol–water partition coefficient (Wildman–Crippen LogP) is 4.36. The highest BCUT2D eigenvalue weighted by Gasteiger charge is 2.28. The second-order valence-electron chi connectivity index (χ2n) is 7.48. The molecule has 28 heavy (non-hydrogen) atoms. The Morgan fingerprint density at radius 3 is 2.32 bits per heavy atom. The van der Waals surface area contributed by atoms with Gasteiger partial charge in [-0.3, -0.25) is 9.59 Å². The third-order valence-electron chi connectivity index (χ3n) is 5.33. The van der Waals surface area contributed by atoms with Crippen LogP contribution in [0.5, 0.6) is 0 Å². The summed E-state index contributed by atoms with van der Waals surface area (Å²) in [6, 6.07) is 16.8. The van der Waals surface area contributed by atoms with Crippen molar-refractivity contribution in [1.29, 1.82) is 0 Å². The van der Waals surface area contributed by atoms with Crippen LogP contribution >= 0.6 is 11.6 Å². The highest BCUT2D eigenvalue weighted by molar-refractivity contribution is 6.30. The van der Waals surface area contributed by atoms with Gasteiger partial charge >= 0.3 is 0 Å². The summed E-state index contributed by atoms with van der Waals surface area (Å²) in [7, 11) is 0. The third kappa shape index (κ3) is 5.59. The van der Waals surface area contributed by atoms with Crippen LogP contribution in [-0.4, -0.2) is 28.8 Å². The van der Waals surface area contributed by atoms with E-state index >= 15 is 0 Å². The number of carbonyl (C=O) groups excluding carboxylic acids is 2. The molecule has 4 nitrogen and oxygen atoms in total. The molecule has 2 aromatic rings. The summed E-state index contributed by atoms with van der Waals surface area (Å²) in [6.45, 7) is 2.22. The van der Waals surface area contributed by atoms with Gasteiger partial charge in [-0.05, 0) is 43.0 Å². The number of benzene rings is 2. The molecule has 1 unspecified atom stereocenters. The minimum Gasteiger partial charge on any atom is -0.352 e. The van der Waals surface area contributed by atoms with Crippen molar-refractivity contribution >= 4 is 23.4 Å². The molecule has 1 saturated carbocycles. The van der Waals surface area contributed by atoms with Crippen LogP contribution in [-0.2, 0) is 22.6 Å². The molecule has 148 valence electrons. The van der Waals surface area contributed by atoms with E-state index in [0.717, 1.165) is 36.8 Å². The van der Waals surface area contributed by atoms with Gasteiger partial charge < -0.3 is 10.2 Å². The molecule has 0 spiro atoms. The maximum absolute atomic E-state index is 13.1.